The third-order valence-corrected chi connectivity index (χ3v) is 19.1. The standard InChI is InChI=1S/C24H14N2O4S.C24H14N2S.C18H15P/c27-25(28)21-13-3-1-7-15(21)17-9-5-11-19-20-12-6-10-18(24(20)31-23(17)19)16-8-2-4-14-22(16)26(29)30;1-3-7-17-15(5-1)21-19(25-17)11-9-13-14-10-12-20-22(24(14)27-23(13)21)16-6-2-4-8-18(16)26-20;1-4-10-16(11-5-1)19(17-12-6-2-7-13-17)18-14-8-3-9-15-18/h1-14H;1-12,25-26H;1-15H. The topological polar surface area (TPSA) is 118 Å². The second-order valence-corrected chi connectivity index (χ2v) is 22.8. The molecular weight excluding hydrogens is 1010 g/mol. The summed E-state index contributed by atoms with van der Waals surface area (Å²) in [5.74, 6) is 0. The van der Waals surface area contributed by atoms with E-state index in [-0.39, 0.29) is 21.2 Å². The molecular formula is C66H43N4O4PS2. The summed E-state index contributed by atoms with van der Waals surface area (Å²) in [6, 6.07) is 83.4. The van der Waals surface area contributed by atoms with E-state index in [1.165, 1.54) is 103 Å². The zero-order valence-corrected chi connectivity index (χ0v) is 43.5. The molecule has 0 saturated heterocycles. The molecule has 0 unspecified atom stereocenters. The van der Waals surface area contributed by atoms with E-state index in [0.29, 0.717) is 11.1 Å². The summed E-state index contributed by atoms with van der Waals surface area (Å²) in [6.45, 7) is 0. The number of hydrogen-bond acceptors (Lipinski definition) is 6. The lowest BCUT2D eigenvalue weighted by atomic mass is 9.99. The number of fused-ring (bicyclic) bond motifs is 14. The number of aromatic nitrogens is 2. The maximum absolute atomic E-state index is 11.6. The Kier molecular flexibility index (Phi) is 12.4. The van der Waals surface area contributed by atoms with E-state index in [9.17, 15) is 20.2 Å². The normalized spacial score (nSPS) is 11.4. The molecule has 4 heterocycles. The Morgan fingerprint density at radius 3 is 1.04 bits per heavy atom. The molecule has 368 valence electrons. The summed E-state index contributed by atoms with van der Waals surface area (Å²) in [7, 11) is -0.446. The van der Waals surface area contributed by atoms with Gasteiger partial charge >= 0.3 is 0 Å². The summed E-state index contributed by atoms with van der Waals surface area (Å²) in [6.07, 6.45) is 0. The summed E-state index contributed by atoms with van der Waals surface area (Å²) in [4.78, 5) is 29.6. The van der Waals surface area contributed by atoms with Crippen molar-refractivity contribution in [2.75, 3.05) is 0 Å². The number of benzene rings is 11. The highest BCUT2D eigenvalue weighted by atomic mass is 32.1. The number of thiophene rings is 2. The van der Waals surface area contributed by atoms with E-state index in [4.69, 9.17) is 0 Å². The third kappa shape index (κ3) is 8.55. The number of H-pyrrole nitrogens is 2. The van der Waals surface area contributed by atoms with Crippen LogP contribution in [0, 0.1) is 20.2 Å². The molecule has 0 amide bonds. The molecule has 8 nitrogen and oxygen atoms in total. The van der Waals surface area contributed by atoms with Gasteiger partial charge in [0, 0.05) is 107 Å². The third-order valence-electron chi connectivity index (χ3n) is 14.1. The van der Waals surface area contributed by atoms with Crippen LogP contribution in [0.5, 0.6) is 0 Å². The molecule has 0 aliphatic carbocycles. The van der Waals surface area contributed by atoms with Crippen molar-refractivity contribution in [2.45, 2.75) is 0 Å². The highest BCUT2D eigenvalue weighted by molar-refractivity contribution is 7.79. The predicted molar refractivity (Wildman–Crippen MR) is 327 cm³/mol. The van der Waals surface area contributed by atoms with Gasteiger partial charge in [-0.2, -0.15) is 0 Å². The fourth-order valence-electron chi connectivity index (χ4n) is 10.7. The van der Waals surface area contributed by atoms with Gasteiger partial charge in [0.2, 0.25) is 0 Å². The molecule has 15 rings (SSSR count). The minimum absolute atomic E-state index is 0.0476. The molecule has 0 fully saturated rings. The van der Waals surface area contributed by atoms with E-state index in [1.807, 2.05) is 47.7 Å². The van der Waals surface area contributed by atoms with Crippen molar-refractivity contribution in [2.24, 2.45) is 0 Å². The lowest BCUT2D eigenvalue weighted by Crippen LogP contribution is -2.20. The number of nitrogens with one attached hydrogen (secondary N) is 2. The van der Waals surface area contributed by atoms with Crippen molar-refractivity contribution in [1.82, 2.24) is 9.97 Å². The van der Waals surface area contributed by atoms with Gasteiger partial charge in [0.15, 0.2) is 0 Å². The van der Waals surface area contributed by atoms with E-state index in [0.717, 1.165) is 31.3 Å². The molecule has 0 spiro atoms. The van der Waals surface area contributed by atoms with Gasteiger partial charge in [-0.25, -0.2) is 0 Å². The van der Waals surface area contributed by atoms with Crippen molar-refractivity contribution in [1.29, 1.82) is 0 Å². The quantitative estimate of drug-likeness (QED) is 0.0939. The largest absolute Gasteiger partial charge is 0.354 e. The zero-order chi connectivity index (χ0) is 52.0. The van der Waals surface area contributed by atoms with Crippen LogP contribution in [-0.4, -0.2) is 19.8 Å². The molecule has 2 N–H and O–H groups in total. The van der Waals surface area contributed by atoms with Crippen LogP contribution in [0.15, 0.2) is 249 Å². The average Bonchev–Trinajstić information content (AvgIpc) is 4.44. The van der Waals surface area contributed by atoms with Crippen LogP contribution < -0.4 is 15.9 Å². The molecule has 0 aliphatic rings. The van der Waals surface area contributed by atoms with Crippen molar-refractivity contribution in [3.05, 3.63) is 269 Å². The van der Waals surface area contributed by atoms with E-state index < -0.39 is 7.92 Å². The molecule has 11 heteroatoms. The van der Waals surface area contributed by atoms with Gasteiger partial charge in [-0.1, -0.05) is 200 Å². The minimum atomic E-state index is -0.446. The maximum Gasteiger partial charge on any atom is 0.277 e. The first-order valence-electron chi connectivity index (χ1n) is 25.0. The number of para-hydroxylation sites is 4. The monoisotopic (exact) mass is 1050 g/mol. The van der Waals surface area contributed by atoms with Crippen LogP contribution in [0.1, 0.15) is 0 Å². The van der Waals surface area contributed by atoms with Crippen molar-refractivity contribution >= 4 is 142 Å². The molecule has 0 saturated carbocycles. The van der Waals surface area contributed by atoms with Gasteiger partial charge in [0.1, 0.15) is 0 Å². The number of rotatable bonds is 7. The molecule has 0 aliphatic heterocycles. The molecule has 0 radical (unpaired) electrons. The van der Waals surface area contributed by atoms with Crippen LogP contribution in [0.4, 0.5) is 11.4 Å². The van der Waals surface area contributed by atoms with Gasteiger partial charge < -0.3 is 9.97 Å². The van der Waals surface area contributed by atoms with Crippen LogP contribution in [-0.2, 0) is 0 Å². The second-order valence-electron chi connectivity index (χ2n) is 18.5. The van der Waals surface area contributed by atoms with Crippen LogP contribution in [0.25, 0.3) is 106 Å². The number of nitro groups is 2. The molecule has 77 heavy (non-hydrogen) atoms. The molecule has 0 atom stereocenters. The first-order chi connectivity index (χ1) is 37.9. The minimum Gasteiger partial charge on any atom is -0.354 e. The summed E-state index contributed by atoms with van der Waals surface area (Å²) in [5.41, 5.74) is 7.59. The number of nitrogens with zero attached hydrogens (tertiary/aromatic N) is 2. The Labute approximate surface area is 450 Å². The van der Waals surface area contributed by atoms with Gasteiger partial charge in [0.25, 0.3) is 11.4 Å². The molecule has 0 bridgehead atoms. The zero-order valence-electron chi connectivity index (χ0n) is 41.0. The van der Waals surface area contributed by atoms with Crippen molar-refractivity contribution in [3.63, 3.8) is 0 Å². The fraction of sp³-hybridized carbons (Fsp3) is 0. The lowest BCUT2D eigenvalue weighted by Gasteiger charge is -2.18. The summed E-state index contributed by atoms with van der Waals surface area (Å²) < 4.78 is 4.58. The van der Waals surface area contributed by atoms with E-state index in [2.05, 4.69) is 174 Å². The number of nitro benzene ring substituents is 2. The summed E-state index contributed by atoms with van der Waals surface area (Å²) in [5, 5.41) is 37.3. The Morgan fingerprint density at radius 2 is 0.623 bits per heavy atom. The molecule has 15 aromatic rings. The predicted octanol–water partition coefficient (Wildman–Crippen LogP) is 18.0. The lowest BCUT2D eigenvalue weighted by molar-refractivity contribution is -0.384. The Morgan fingerprint density at radius 1 is 0.299 bits per heavy atom. The first kappa shape index (κ1) is 47.4. The average molecular weight is 1050 g/mol. The van der Waals surface area contributed by atoms with Gasteiger partial charge in [0.05, 0.1) is 21.0 Å². The second kappa shape index (κ2) is 20.1. The van der Waals surface area contributed by atoms with Gasteiger partial charge in [-0.3, -0.25) is 20.2 Å². The number of hydrogen-bond donors (Lipinski definition) is 2. The van der Waals surface area contributed by atoms with E-state index >= 15 is 0 Å². The summed E-state index contributed by atoms with van der Waals surface area (Å²) >= 11 is 3.42. The Bertz CT molecular complexity index is 4390. The maximum atomic E-state index is 11.6. The number of aromatic amines is 2. The van der Waals surface area contributed by atoms with E-state index in [1.54, 1.807) is 36.4 Å². The van der Waals surface area contributed by atoms with Crippen molar-refractivity contribution < 1.29 is 9.85 Å². The van der Waals surface area contributed by atoms with Gasteiger partial charge in [-0.05, 0) is 60.2 Å². The first-order valence-corrected chi connectivity index (χ1v) is 28.0. The van der Waals surface area contributed by atoms with Crippen LogP contribution >= 0.6 is 30.6 Å². The van der Waals surface area contributed by atoms with Crippen LogP contribution in [0.2, 0.25) is 0 Å². The smallest absolute Gasteiger partial charge is 0.277 e. The SMILES string of the molecule is O=[N+]([O-])c1ccccc1-c1cccc2c1sc1c(-c3ccccc3[N+](=O)[O-])cccc12.c1ccc(P(c2ccccc2)c2ccccc2)cc1.c1ccc2c(c1)[nH]c1ccc3c4ccc5[nH]c6ccccc6c5c4sc3c12. The van der Waals surface area contributed by atoms with Gasteiger partial charge in [-0.15, -0.1) is 22.7 Å². The fourth-order valence-corrected chi connectivity index (χ4v) is 15.8. The Balaban J connectivity index is 0.000000113. The highest BCUT2D eigenvalue weighted by Gasteiger charge is 2.23. The highest BCUT2D eigenvalue weighted by Crippen LogP contribution is 2.48. The molecule has 4 aromatic heterocycles. The Hall–Kier alpha value is -9.31. The van der Waals surface area contributed by atoms with Crippen LogP contribution in [0.3, 0.4) is 0 Å². The van der Waals surface area contributed by atoms with Crippen molar-refractivity contribution in [3.8, 4) is 22.3 Å². The molecule has 11 aromatic carbocycles.